The second-order valence-electron chi connectivity index (χ2n) is 6.45. The van der Waals surface area contributed by atoms with Crippen molar-refractivity contribution < 1.29 is 9.59 Å². The van der Waals surface area contributed by atoms with E-state index in [4.69, 9.17) is 0 Å². The van der Waals surface area contributed by atoms with Crippen molar-refractivity contribution in [3.05, 3.63) is 59.9 Å². The summed E-state index contributed by atoms with van der Waals surface area (Å²) >= 11 is 0. The summed E-state index contributed by atoms with van der Waals surface area (Å²) in [4.78, 5) is 32.9. The molecule has 2 aliphatic heterocycles. The van der Waals surface area contributed by atoms with E-state index in [-0.39, 0.29) is 18.0 Å². The molecule has 1 N–H and O–H groups in total. The van der Waals surface area contributed by atoms with Crippen LogP contribution >= 0.6 is 0 Å². The molecule has 1 saturated heterocycles. The quantitative estimate of drug-likeness (QED) is 0.917. The number of urea groups is 1. The van der Waals surface area contributed by atoms with Crippen molar-refractivity contribution >= 4 is 17.6 Å². The Hall–Kier alpha value is -2.89. The van der Waals surface area contributed by atoms with Crippen LogP contribution in [0, 0.1) is 0 Å². The van der Waals surface area contributed by atoms with Crippen LogP contribution in [0.2, 0.25) is 0 Å². The Kier molecular flexibility index (Phi) is 4.09. The summed E-state index contributed by atoms with van der Waals surface area (Å²) in [5.74, 6) is 0.0651. The number of benzene rings is 1. The van der Waals surface area contributed by atoms with Gasteiger partial charge in [0.1, 0.15) is 0 Å². The number of nitrogens with one attached hydrogen (secondary N) is 1. The molecular formula is C19H20N4O2. The maximum Gasteiger partial charge on any atom is 0.321 e. The molecule has 3 amide bonds. The predicted octanol–water partition coefficient (Wildman–Crippen LogP) is 2.73. The zero-order valence-electron chi connectivity index (χ0n) is 13.9. The second-order valence-corrected chi connectivity index (χ2v) is 6.45. The lowest BCUT2D eigenvalue weighted by molar-refractivity contribution is 0.0625. The molecule has 128 valence electrons. The van der Waals surface area contributed by atoms with Gasteiger partial charge < -0.3 is 15.1 Å². The monoisotopic (exact) mass is 336 g/mol. The van der Waals surface area contributed by atoms with Crippen LogP contribution in [0.4, 0.5) is 10.5 Å². The van der Waals surface area contributed by atoms with Crippen LogP contribution in [-0.4, -0.2) is 45.9 Å². The number of carbonyl (C=O) groups excluding carboxylic acids is 2. The van der Waals surface area contributed by atoms with Crippen molar-refractivity contribution in [1.29, 1.82) is 0 Å². The maximum atomic E-state index is 12.5. The number of hydrogen-bond acceptors (Lipinski definition) is 3. The van der Waals surface area contributed by atoms with Crippen LogP contribution in [0.15, 0.2) is 48.7 Å². The van der Waals surface area contributed by atoms with Gasteiger partial charge in [-0.05, 0) is 37.1 Å². The van der Waals surface area contributed by atoms with Crippen LogP contribution in [0.3, 0.4) is 0 Å². The molecule has 0 aliphatic carbocycles. The van der Waals surface area contributed by atoms with Crippen molar-refractivity contribution in [2.45, 2.75) is 25.4 Å². The van der Waals surface area contributed by atoms with Crippen molar-refractivity contribution in [2.75, 3.05) is 18.4 Å². The van der Waals surface area contributed by atoms with Gasteiger partial charge >= 0.3 is 6.03 Å². The van der Waals surface area contributed by atoms with Gasteiger partial charge in [0.2, 0.25) is 0 Å². The molecular weight excluding hydrogens is 316 g/mol. The number of piperidine rings is 1. The Morgan fingerprint density at radius 3 is 2.56 bits per heavy atom. The number of amides is 3. The normalized spacial score (nSPS) is 17.5. The molecule has 0 radical (unpaired) electrons. The Balaban J connectivity index is 1.35. The average Bonchev–Trinajstić information content (AvgIpc) is 3.00. The first kappa shape index (κ1) is 15.6. The van der Waals surface area contributed by atoms with E-state index in [0.717, 1.165) is 24.2 Å². The minimum absolute atomic E-state index is 0.0651. The first-order valence-corrected chi connectivity index (χ1v) is 8.58. The highest BCUT2D eigenvalue weighted by atomic mass is 16.2. The van der Waals surface area contributed by atoms with E-state index < -0.39 is 0 Å². The molecule has 1 aromatic heterocycles. The minimum Gasteiger partial charge on any atom is -0.330 e. The molecule has 4 rings (SSSR count). The number of aromatic nitrogens is 1. The summed E-state index contributed by atoms with van der Waals surface area (Å²) in [6.07, 6.45) is 3.32. The number of hydrogen-bond donors (Lipinski definition) is 1. The van der Waals surface area contributed by atoms with Crippen molar-refractivity contribution in [2.24, 2.45) is 0 Å². The number of pyridine rings is 1. The van der Waals surface area contributed by atoms with Crippen molar-refractivity contribution in [3.63, 3.8) is 0 Å². The first-order valence-electron chi connectivity index (χ1n) is 8.58. The fourth-order valence-electron chi connectivity index (χ4n) is 3.55. The van der Waals surface area contributed by atoms with E-state index in [9.17, 15) is 9.59 Å². The Morgan fingerprint density at radius 1 is 1.08 bits per heavy atom. The van der Waals surface area contributed by atoms with E-state index in [0.29, 0.717) is 25.2 Å². The van der Waals surface area contributed by atoms with E-state index in [1.54, 1.807) is 12.3 Å². The highest BCUT2D eigenvalue weighted by Gasteiger charge is 2.35. The molecule has 6 nitrogen and oxygen atoms in total. The average molecular weight is 336 g/mol. The number of likely N-dealkylation sites (tertiary alicyclic amines) is 1. The molecule has 2 aromatic rings. The standard InChI is InChI=1S/C19H20N4O2/c24-18-16-7-4-10-20-17(16)13-23(18)15-8-11-22(12-9-15)19(25)21-14-5-2-1-3-6-14/h1-7,10,15H,8-9,11-13H2,(H,21,25). The largest absolute Gasteiger partial charge is 0.330 e. The van der Waals surface area contributed by atoms with E-state index in [2.05, 4.69) is 10.3 Å². The molecule has 3 heterocycles. The molecule has 1 fully saturated rings. The van der Waals surface area contributed by atoms with Crippen LogP contribution in [0.25, 0.3) is 0 Å². The summed E-state index contributed by atoms with van der Waals surface area (Å²) < 4.78 is 0. The highest BCUT2D eigenvalue weighted by molar-refractivity contribution is 5.98. The first-order chi connectivity index (χ1) is 12.2. The predicted molar refractivity (Wildman–Crippen MR) is 94.2 cm³/mol. The Labute approximate surface area is 146 Å². The van der Waals surface area contributed by atoms with Crippen molar-refractivity contribution in [3.8, 4) is 0 Å². The number of carbonyl (C=O) groups is 2. The van der Waals surface area contributed by atoms with Gasteiger partial charge in [0.25, 0.3) is 5.91 Å². The van der Waals surface area contributed by atoms with Crippen LogP contribution in [0.1, 0.15) is 28.9 Å². The SMILES string of the molecule is O=C(Nc1ccccc1)N1CCC(N2Cc3ncccc3C2=O)CC1. The van der Waals surface area contributed by atoms with Gasteiger partial charge in [-0.15, -0.1) is 0 Å². The molecule has 0 unspecified atom stereocenters. The molecule has 25 heavy (non-hydrogen) atoms. The number of para-hydroxylation sites is 1. The van der Waals surface area contributed by atoms with Crippen LogP contribution in [-0.2, 0) is 6.54 Å². The Morgan fingerprint density at radius 2 is 1.84 bits per heavy atom. The number of anilines is 1. The van der Waals surface area contributed by atoms with E-state index in [1.807, 2.05) is 46.2 Å². The van der Waals surface area contributed by atoms with Gasteiger partial charge in [0, 0.05) is 31.0 Å². The lowest BCUT2D eigenvalue weighted by Crippen LogP contribution is -2.48. The molecule has 2 aliphatic rings. The third-order valence-corrected chi connectivity index (χ3v) is 4.92. The molecule has 6 heteroatoms. The fraction of sp³-hybridized carbons (Fsp3) is 0.316. The molecule has 0 atom stereocenters. The third-order valence-electron chi connectivity index (χ3n) is 4.92. The summed E-state index contributed by atoms with van der Waals surface area (Å²) in [6, 6.07) is 13.2. The van der Waals surface area contributed by atoms with Gasteiger partial charge in [0.15, 0.2) is 0 Å². The van der Waals surface area contributed by atoms with Gasteiger partial charge in [-0.3, -0.25) is 9.78 Å². The lowest BCUT2D eigenvalue weighted by Gasteiger charge is -2.36. The summed E-state index contributed by atoms with van der Waals surface area (Å²) in [7, 11) is 0. The van der Waals surface area contributed by atoms with E-state index >= 15 is 0 Å². The number of nitrogens with zero attached hydrogens (tertiary/aromatic N) is 3. The van der Waals surface area contributed by atoms with Gasteiger partial charge in [-0.2, -0.15) is 0 Å². The molecule has 0 saturated carbocycles. The maximum absolute atomic E-state index is 12.5. The summed E-state index contributed by atoms with van der Waals surface area (Å²) in [5.41, 5.74) is 2.37. The third kappa shape index (κ3) is 3.07. The topological polar surface area (TPSA) is 65.5 Å². The summed E-state index contributed by atoms with van der Waals surface area (Å²) in [6.45, 7) is 1.88. The van der Waals surface area contributed by atoms with Gasteiger partial charge in [-0.1, -0.05) is 18.2 Å². The highest BCUT2D eigenvalue weighted by Crippen LogP contribution is 2.27. The van der Waals surface area contributed by atoms with Gasteiger partial charge in [0.05, 0.1) is 17.8 Å². The smallest absolute Gasteiger partial charge is 0.321 e. The fourth-order valence-corrected chi connectivity index (χ4v) is 3.55. The van der Waals surface area contributed by atoms with Gasteiger partial charge in [-0.25, -0.2) is 4.79 Å². The number of rotatable bonds is 2. The molecule has 0 spiro atoms. The molecule has 1 aromatic carbocycles. The zero-order valence-corrected chi connectivity index (χ0v) is 13.9. The van der Waals surface area contributed by atoms with E-state index in [1.165, 1.54) is 0 Å². The molecule has 0 bridgehead atoms. The minimum atomic E-state index is -0.0812. The second kappa shape index (κ2) is 6.55. The zero-order chi connectivity index (χ0) is 17.2. The van der Waals surface area contributed by atoms with Crippen molar-refractivity contribution in [1.82, 2.24) is 14.8 Å². The van der Waals surface area contributed by atoms with Crippen LogP contribution < -0.4 is 5.32 Å². The Bertz CT molecular complexity index is 785. The van der Waals surface area contributed by atoms with Crippen LogP contribution in [0.5, 0.6) is 0 Å². The number of fused-ring (bicyclic) bond motifs is 1. The lowest BCUT2D eigenvalue weighted by atomic mass is 10.0. The summed E-state index contributed by atoms with van der Waals surface area (Å²) in [5, 5.41) is 2.92.